The molecular formula is C17H21FN4O. The maximum Gasteiger partial charge on any atom is 0.256 e. The fraction of sp³-hybridized carbons (Fsp3) is 0.412. The number of aromatic nitrogens is 2. The van der Waals surface area contributed by atoms with E-state index in [0.29, 0.717) is 13.1 Å². The smallest absolute Gasteiger partial charge is 0.256 e. The maximum atomic E-state index is 14.0. The van der Waals surface area contributed by atoms with Crippen molar-refractivity contribution < 1.29 is 9.18 Å². The van der Waals surface area contributed by atoms with Gasteiger partial charge in [-0.3, -0.25) is 9.69 Å². The third-order valence-corrected chi connectivity index (χ3v) is 4.37. The number of benzene rings is 1. The molecule has 1 aromatic heterocycles. The summed E-state index contributed by atoms with van der Waals surface area (Å²) in [4.78, 5) is 24.2. The topological polar surface area (TPSA) is 52.2 Å². The molecule has 1 atom stereocenters. The molecule has 1 aliphatic rings. The van der Waals surface area contributed by atoms with Crippen LogP contribution in [-0.4, -0.2) is 51.9 Å². The molecule has 1 saturated heterocycles. The summed E-state index contributed by atoms with van der Waals surface area (Å²) >= 11 is 0. The molecule has 0 radical (unpaired) electrons. The second-order valence-electron chi connectivity index (χ2n) is 5.85. The number of amides is 1. The molecule has 1 aromatic carbocycles. The van der Waals surface area contributed by atoms with E-state index in [-0.39, 0.29) is 17.5 Å². The van der Waals surface area contributed by atoms with E-state index in [4.69, 9.17) is 0 Å². The molecule has 1 N–H and O–H groups in total. The third-order valence-electron chi connectivity index (χ3n) is 4.37. The number of halogens is 1. The van der Waals surface area contributed by atoms with Crippen molar-refractivity contribution in [1.29, 1.82) is 0 Å². The van der Waals surface area contributed by atoms with Gasteiger partial charge in [-0.1, -0.05) is 18.6 Å². The van der Waals surface area contributed by atoms with Crippen molar-refractivity contribution in [3.8, 4) is 0 Å². The van der Waals surface area contributed by atoms with E-state index in [1.807, 2.05) is 6.92 Å². The molecule has 5 nitrogen and oxygen atoms in total. The number of nitrogens with zero attached hydrogens (tertiary/aromatic N) is 3. The lowest BCUT2D eigenvalue weighted by atomic mass is 10.1. The van der Waals surface area contributed by atoms with Crippen molar-refractivity contribution in [2.75, 3.05) is 26.2 Å². The number of aryl methyl sites for hydroxylation is 1. The van der Waals surface area contributed by atoms with Crippen LogP contribution < -0.4 is 0 Å². The summed E-state index contributed by atoms with van der Waals surface area (Å²) in [5, 5.41) is 0. The molecule has 0 spiro atoms. The molecule has 1 fully saturated rings. The lowest BCUT2D eigenvalue weighted by molar-refractivity contribution is 0.0476. The zero-order valence-electron chi connectivity index (χ0n) is 13.4. The van der Waals surface area contributed by atoms with Crippen LogP contribution in [0.1, 0.15) is 34.7 Å². The number of aromatic amines is 1. The van der Waals surface area contributed by atoms with Crippen molar-refractivity contribution in [1.82, 2.24) is 19.8 Å². The number of hydrogen-bond acceptors (Lipinski definition) is 3. The molecule has 6 heteroatoms. The van der Waals surface area contributed by atoms with Gasteiger partial charge in [0.1, 0.15) is 11.6 Å². The molecule has 2 aromatic rings. The quantitative estimate of drug-likeness (QED) is 0.946. The van der Waals surface area contributed by atoms with Crippen LogP contribution in [0.2, 0.25) is 0 Å². The highest BCUT2D eigenvalue weighted by Crippen LogP contribution is 2.24. The molecule has 2 heterocycles. The highest BCUT2D eigenvalue weighted by molar-refractivity contribution is 5.94. The molecule has 0 saturated carbocycles. The first-order chi connectivity index (χ1) is 11.1. The van der Waals surface area contributed by atoms with Crippen molar-refractivity contribution in [2.24, 2.45) is 0 Å². The molecule has 3 rings (SSSR count). The van der Waals surface area contributed by atoms with Gasteiger partial charge >= 0.3 is 0 Å². The summed E-state index contributed by atoms with van der Waals surface area (Å²) in [6, 6.07) is 4.66. The SMILES string of the molecule is CCN1CCN(C(=O)c2cc(C)ccc2F)CC1c1ncc[nH]1. The number of carbonyl (C=O) groups is 1. The standard InChI is InChI=1S/C17H21FN4O/c1-3-21-8-9-22(11-15(21)16-19-6-7-20-16)17(23)13-10-12(2)4-5-14(13)18/h4-7,10,15H,3,8-9,11H2,1-2H3,(H,19,20). The zero-order chi connectivity index (χ0) is 16.4. The van der Waals surface area contributed by atoms with Crippen LogP contribution in [0.4, 0.5) is 4.39 Å². The Morgan fingerprint density at radius 3 is 2.96 bits per heavy atom. The predicted molar refractivity (Wildman–Crippen MR) is 85.6 cm³/mol. The predicted octanol–water partition coefficient (Wildman–Crippen LogP) is 2.38. The summed E-state index contributed by atoms with van der Waals surface area (Å²) in [6.45, 7) is 6.68. The minimum atomic E-state index is -0.465. The Morgan fingerprint density at radius 2 is 2.26 bits per heavy atom. The fourth-order valence-electron chi connectivity index (χ4n) is 3.08. The highest BCUT2D eigenvalue weighted by atomic mass is 19.1. The van der Waals surface area contributed by atoms with Crippen LogP contribution in [0.3, 0.4) is 0 Å². The molecule has 1 amide bonds. The van der Waals surface area contributed by atoms with Crippen LogP contribution in [0.25, 0.3) is 0 Å². The van der Waals surface area contributed by atoms with Crippen LogP contribution in [0.15, 0.2) is 30.6 Å². The van der Waals surface area contributed by atoms with Gasteiger partial charge in [0.05, 0.1) is 11.6 Å². The van der Waals surface area contributed by atoms with Gasteiger partial charge in [-0.2, -0.15) is 0 Å². The summed E-state index contributed by atoms with van der Waals surface area (Å²) < 4.78 is 14.0. The lowest BCUT2D eigenvalue weighted by Gasteiger charge is -2.40. The molecule has 122 valence electrons. The van der Waals surface area contributed by atoms with Crippen molar-refractivity contribution in [2.45, 2.75) is 19.9 Å². The van der Waals surface area contributed by atoms with Crippen LogP contribution in [-0.2, 0) is 0 Å². The van der Waals surface area contributed by atoms with E-state index in [0.717, 1.165) is 24.5 Å². The molecule has 0 aliphatic carbocycles. The number of H-pyrrole nitrogens is 1. The first-order valence-electron chi connectivity index (χ1n) is 7.89. The van der Waals surface area contributed by atoms with E-state index in [1.165, 1.54) is 6.07 Å². The first kappa shape index (κ1) is 15.7. The number of imidazole rings is 1. The van der Waals surface area contributed by atoms with E-state index >= 15 is 0 Å². The molecule has 0 bridgehead atoms. The van der Waals surface area contributed by atoms with Gasteiger partial charge in [0.15, 0.2) is 0 Å². The zero-order valence-corrected chi connectivity index (χ0v) is 13.4. The number of carbonyl (C=O) groups excluding carboxylic acids is 1. The summed E-state index contributed by atoms with van der Waals surface area (Å²) in [5.41, 5.74) is 1.03. The van der Waals surface area contributed by atoms with Gasteiger partial charge in [-0.25, -0.2) is 9.37 Å². The Morgan fingerprint density at radius 1 is 1.43 bits per heavy atom. The average Bonchev–Trinajstić information content (AvgIpc) is 3.10. The Kier molecular flexibility index (Phi) is 4.43. The first-order valence-corrected chi connectivity index (χ1v) is 7.89. The highest BCUT2D eigenvalue weighted by Gasteiger charge is 2.32. The number of hydrogen-bond donors (Lipinski definition) is 1. The number of piperazine rings is 1. The third kappa shape index (κ3) is 3.12. The van der Waals surface area contributed by atoms with E-state index < -0.39 is 5.82 Å². The number of nitrogens with one attached hydrogen (secondary N) is 1. The Bertz CT molecular complexity index is 686. The lowest BCUT2D eigenvalue weighted by Crippen LogP contribution is -2.50. The van der Waals surface area contributed by atoms with Gasteiger partial charge in [-0.15, -0.1) is 0 Å². The van der Waals surface area contributed by atoms with Crippen molar-refractivity contribution in [3.63, 3.8) is 0 Å². The van der Waals surface area contributed by atoms with E-state index in [1.54, 1.807) is 29.4 Å². The van der Waals surface area contributed by atoms with Crippen LogP contribution in [0.5, 0.6) is 0 Å². The second kappa shape index (κ2) is 6.50. The van der Waals surface area contributed by atoms with Gasteiger partial charge in [0.25, 0.3) is 5.91 Å². The Hall–Kier alpha value is -2.21. The molecular weight excluding hydrogens is 295 g/mol. The van der Waals surface area contributed by atoms with Gasteiger partial charge in [0, 0.05) is 32.0 Å². The monoisotopic (exact) mass is 316 g/mol. The maximum absolute atomic E-state index is 14.0. The number of likely N-dealkylation sites (N-methyl/N-ethyl adjacent to an activating group) is 1. The van der Waals surface area contributed by atoms with Crippen molar-refractivity contribution >= 4 is 5.91 Å². The minimum absolute atomic E-state index is 0.0144. The number of rotatable bonds is 3. The van der Waals surface area contributed by atoms with Gasteiger partial charge in [0.2, 0.25) is 0 Å². The summed E-state index contributed by atoms with van der Waals surface area (Å²) in [5.74, 6) is 0.126. The minimum Gasteiger partial charge on any atom is -0.347 e. The average molecular weight is 316 g/mol. The van der Waals surface area contributed by atoms with Gasteiger partial charge < -0.3 is 9.88 Å². The fourth-order valence-corrected chi connectivity index (χ4v) is 3.08. The summed E-state index contributed by atoms with van der Waals surface area (Å²) in [7, 11) is 0. The van der Waals surface area contributed by atoms with Crippen LogP contribution in [0, 0.1) is 12.7 Å². The van der Waals surface area contributed by atoms with E-state index in [9.17, 15) is 9.18 Å². The summed E-state index contributed by atoms with van der Waals surface area (Å²) in [6.07, 6.45) is 3.49. The van der Waals surface area contributed by atoms with Crippen LogP contribution >= 0.6 is 0 Å². The normalized spacial score (nSPS) is 19.1. The van der Waals surface area contributed by atoms with E-state index in [2.05, 4.69) is 21.8 Å². The Labute approximate surface area is 135 Å². The molecule has 1 unspecified atom stereocenters. The van der Waals surface area contributed by atoms with Crippen molar-refractivity contribution in [3.05, 3.63) is 53.4 Å². The van der Waals surface area contributed by atoms with Gasteiger partial charge in [-0.05, 0) is 25.6 Å². The largest absolute Gasteiger partial charge is 0.347 e. The second-order valence-corrected chi connectivity index (χ2v) is 5.85. The molecule has 1 aliphatic heterocycles. The molecule has 23 heavy (non-hydrogen) atoms. The Balaban J connectivity index is 1.83.